The molecule has 28 heavy (non-hydrogen) atoms. The van der Waals surface area contributed by atoms with Gasteiger partial charge in [-0.05, 0) is 44.0 Å². The fourth-order valence-corrected chi connectivity index (χ4v) is 3.39. The maximum atomic E-state index is 11.6. The third-order valence-electron chi connectivity index (χ3n) is 4.61. The van der Waals surface area contributed by atoms with Gasteiger partial charge in [-0.1, -0.05) is 18.2 Å². The first-order valence-electron chi connectivity index (χ1n) is 9.25. The lowest BCUT2D eigenvalue weighted by molar-refractivity contribution is 0.168. The quantitative estimate of drug-likeness (QED) is 0.869. The summed E-state index contributed by atoms with van der Waals surface area (Å²) < 4.78 is 12.4. The standard InChI is InChI=1S/C22H23N3O3/c1-4-25-20-13-17(27-3)7-6-8-18(20)19(14-23)21(25)15-9-11-16(12-10-15)24-22(26)28-5-2/h7-13H,4-6H2,1-3H3,(H,24,26). The van der Waals surface area contributed by atoms with Gasteiger partial charge in [-0.3, -0.25) is 5.32 Å². The molecule has 3 rings (SSSR count). The van der Waals surface area contributed by atoms with Crippen LogP contribution in [0.5, 0.6) is 0 Å². The zero-order valence-corrected chi connectivity index (χ0v) is 16.3. The van der Waals surface area contributed by atoms with Gasteiger partial charge in [0.05, 0.1) is 30.3 Å². The SMILES string of the molecule is CCOC(=O)Nc1ccc(-c2c(C#N)c3c(n2CC)=CC(OC)=CCC=3)cc1. The number of ether oxygens (including phenoxy) is 2. The first-order chi connectivity index (χ1) is 13.6. The Kier molecular flexibility index (Phi) is 5.85. The average molecular weight is 377 g/mol. The van der Waals surface area contributed by atoms with E-state index in [-0.39, 0.29) is 0 Å². The summed E-state index contributed by atoms with van der Waals surface area (Å²) in [6, 6.07) is 9.78. The number of nitriles is 1. The van der Waals surface area contributed by atoms with Crippen molar-refractivity contribution < 1.29 is 14.3 Å². The monoisotopic (exact) mass is 377 g/mol. The van der Waals surface area contributed by atoms with Crippen LogP contribution >= 0.6 is 0 Å². The van der Waals surface area contributed by atoms with Crippen LogP contribution in [0.2, 0.25) is 0 Å². The van der Waals surface area contributed by atoms with E-state index in [0.29, 0.717) is 30.8 Å². The molecule has 0 atom stereocenters. The van der Waals surface area contributed by atoms with Crippen LogP contribution in [0.15, 0.2) is 36.1 Å². The van der Waals surface area contributed by atoms with Crippen molar-refractivity contribution in [2.75, 3.05) is 19.0 Å². The number of anilines is 1. The molecule has 1 heterocycles. The summed E-state index contributed by atoms with van der Waals surface area (Å²) in [5.74, 6) is 0.784. The number of carbonyl (C=O) groups is 1. The Morgan fingerprint density at radius 1 is 1.25 bits per heavy atom. The number of hydrogen-bond donors (Lipinski definition) is 1. The van der Waals surface area contributed by atoms with Crippen LogP contribution in [0, 0.1) is 11.3 Å². The molecule has 0 spiro atoms. The van der Waals surface area contributed by atoms with E-state index in [1.807, 2.05) is 24.3 Å². The summed E-state index contributed by atoms with van der Waals surface area (Å²) in [7, 11) is 1.65. The maximum absolute atomic E-state index is 11.6. The molecule has 0 saturated heterocycles. The second-order valence-corrected chi connectivity index (χ2v) is 6.20. The minimum Gasteiger partial charge on any atom is -0.497 e. The number of nitrogens with one attached hydrogen (secondary N) is 1. The summed E-state index contributed by atoms with van der Waals surface area (Å²) in [6.07, 6.45) is 6.25. The lowest BCUT2D eigenvalue weighted by atomic mass is 10.1. The Balaban J connectivity index is 2.11. The average Bonchev–Trinajstić information content (AvgIpc) is 2.84. The van der Waals surface area contributed by atoms with Crippen LogP contribution in [0.1, 0.15) is 25.8 Å². The summed E-state index contributed by atoms with van der Waals surface area (Å²) in [5, 5.41) is 14.4. The van der Waals surface area contributed by atoms with Gasteiger partial charge in [-0.15, -0.1) is 0 Å². The molecule has 1 aliphatic carbocycles. The van der Waals surface area contributed by atoms with Crippen molar-refractivity contribution in [3.8, 4) is 17.3 Å². The molecular formula is C22H23N3O3. The van der Waals surface area contributed by atoms with Gasteiger partial charge in [-0.2, -0.15) is 5.26 Å². The second-order valence-electron chi connectivity index (χ2n) is 6.20. The molecule has 1 aliphatic rings. The fourth-order valence-electron chi connectivity index (χ4n) is 3.39. The normalized spacial score (nSPS) is 12.4. The second kappa shape index (κ2) is 8.49. The number of carbonyl (C=O) groups excluding carboxylic acids is 1. The fraction of sp³-hybridized carbons (Fsp3) is 0.273. The van der Waals surface area contributed by atoms with Gasteiger partial charge in [-0.25, -0.2) is 4.79 Å². The lowest BCUT2D eigenvalue weighted by Gasteiger charge is -2.10. The Hall–Kier alpha value is -3.46. The molecule has 1 aromatic carbocycles. The van der Waals surface area contributed by atoms with E-state index < -0.39 is 6.09 Å². The largest absolute Gasteiger partial charge is 0.497 e. The van der Waals surface area contributed by atoms with Crippen molar-refractivity contribution >= 4 is 23.9 Å². The van der Waals surface area contributed by atoms with E-state index in [9.17, 15) is 10.1 Å². The van der Waals surface area contributed by atoms with Gasteiger partial charge in [0.15, 0.2) is 0 Å². The highest BCUT2D eigenvalue weighted by atomic mass is 16.5. The third kappa shape index (κ3) is 3.65. The number of aromatic nitrogens is 1. The number of benzene rings is 1. The van der Waals surface area contributed by atoms with Crippen LogP contribution < -0.4 is 15.9 Å². The van der Waals surface area contributed by atoms with E-state index in [2.05, 4.69) is 29.0 Å². The summed E-state index contributed by atoms with van der Waals surface area (Å²) in [6.45, 7) is 4.84. The summed E-state index contributed by atoms with van der Waals surface area (Å²) >= 11 is 0. The maximum Gasteiger partial charge on any atom is 0.411 e. The molecule has 0 radical (unpaired) electrons. The number of amides is 1. The number of rotatable bonds is 5. The van der Waals surface area contributed by atoms with E-state index in [0.717, 1.165) is 27.6 Å². The van der Waals surface area contributed by atoms with E-state index >= 15 is 0 Å². The number of methoxy groups -OCH3 is 1. The van der Waals surface area contributed by atoms with E-state index in [1.165, 1.54) is 0 Å². The summed E-state index contributed by atoms with van der Waals surface area (Å²) in [5.41, 5.74) is 3.05. The van der Waals surface area contributed by atoms with Crippen molar-refractivity contribution in [1.82, 2.24) is 4.57 Å². The number of allylic oxidation sites excluding steroid dienone is 2. The molecule has 0 saturated carbocycles. The molecule has 0 aliphatic heterocycles. The highest BCUT2D eigenvalue weighted by Gasteiger charge is 2.17. The zero-order valence-electron chi connectivity index (χ0n) is 16.3. The van der Waals surface area contributed by atoms with Crippen LogP contribution in [0.3, 0.4) is 0 Å². The highest BCUT2D eigenvalue weighted by molar-refractivity contribution is 5.85. The van der Waals surface area contributed by atoms with Crippen LogP contribution in [-0.4, -0.2) is 24.4 Å². The third-order valence-corrected chi connectivity index (χ3v) is 4.61. The Morgan fingerprint density at radius 3 is 2.61 bits per heavy atom. The van der Waals surface area contributed by atoms with Gasteiger partial charge in [0.25, 0.3) is 0 Å². The molecule has 0 bridgehead atoms. The molecule has 1 N–H and O–H groups in total. The Labute approximate surface area is 164 Å². The van der Waals surface area contributed by atoms with Crippen LogP contribution in [0.25, 0.3) is 23.4 Å². The minimum absolute atomic E-state index is 0.315. The van der Waals surface area contributed by atoms with Crippen LogP contribution in [-0.2, 0) is 16.0 Å². The van der Waals surface area contributed by atoms with Gasteiger partial charge < -0.3 is 14.0 Å². The topological polar surface area (TPSA) is 76.3 Å². The first-order valence-corrected chi connectivity index (χ1v) is 9.25. The molecule has 1 amide bonds. The van der Waals surface area contributed by atoms with Crippen molar-refractivity contribution in [3.05, 3.63) is 52.2 Å². The molecule has 2 aromatic rings. The molecule has 0 unspecified atom stereocenters. The predicted molar refractivity (Wildman–Crippen MR) is 109 cm³/mol. The lowest BCUT2D eigenvalue weighted by Crippen LogP contribution is -2.29. The van der Waals surface area contributed by atoms with Gasteiger partial charge in [0.1, 0.15) is 11.8 Å². The molecule has 1 aromatic heterocycles. The van der Waals surface area contributed by atoms with Crippen molar-refractivity contribution in [1.29, 1.82) is 5.26 Å². The molecular weight excluding hydrogens is 354 g/mol. The number of nitrogens with zero attached hydrogens (tertiary/aromatic N) is 2. The van der Waals surface area contributed by atoms with E-state index in [1.54, 1.807) is 26.2 Å². The predicted octanol–water partition coefficient (Wildman–Crippen LogP) is 3.11. The number of fused-ring (bicyclic) bond motifs is 1. The Bertz CT molecular complexity index is 1070. The minimum atomic E-state index is -0.486. The first kappa shape index (κ1) is 19.3. The molecule has 144 valence electrons. The van der Waals surface area contributed by atoms with Gasteiger partial charge >= 0.3 is 6.09 Å². The van der Waals surface area contributed by atoms with Crippen LogP contribution in [0.4, 0.5) is 10.5 Å². The zero-order chi connectivity index (χ0) is 20.1. The molecule has 6 heteroatoms. The molecule has 0 fully saturated rings. The van der Waals surface area contributed by atoms with E-state index in [4.69, 9.17) is 9.47 Å². The van der Waals surface area contributed by atoms with Crippen molar-refractivity contribution in [2.45, 2.75) is 26.8 Å². The van der Waals surface area contributed by atoms with Gasteiger partial charge in [0.2, 0.25) is 0 Å². The highest BCUT2D eigenvalue weighted by Crippen LogP contribution is 2.24. The molecule has 6 nitrogen and oxygen atoms in total. The smallest absolute Gasteiger partial charge is 0.411 e. The number of hydrogen-bond acceptors (Lipinski definition) is 4. The van der Waals surface area contributed by atoms with Gasteiger partial charge in [0, 0.05) is 23.5 Å². The Morgan fingerprint density at radius 2 is 2.00 bits per heavy atom. The summed E-state index contributed by atoms with van der Waals surface area (Å²) in [4.78, 5) is 11.6. The van der Waals surface area contributed by atoms with Crippen molar-refractivity contribution in [2.24, 2.45) is 0 Å². The van der Waals surface area contributed by atoms with Crippen molar-refractivity contribution in [3.63, 3.8) is 0 Å².